The van der Waals surface area contributed by atoms with Crippen molar-refractivity contribution >= 4 is 23.0 Å². The molecule has 0 aromatic heterocycles. The Morgan fingerprint density at radius 3 is 2.16 bits per heavy atom. The predicted octanol–water partition coefficient (Wildman–Crippen LogP) is 5.95. The van der Waals surface area contributed by atoms with Gasteiger partial charge in [0, 0.05) is 44.3 Å². The number of ether oxygens (including phenoxy) is 1. The van der Waals surface area contributed by atoms with Crippen LogP contribution in [0.15, 0.2) is 28.4 Å². The van der Waals surface area contributed by atoms with Gasteiger partial charge in [0.25, 0.3) is 0 Å². The molecule has 0 radical (unpaired) electrons. The predicted molar refractivity (Wildman–Crippen MR) is 139 cm³/mol. The highest BCUT2D eigenvalue weighted by atomic mass is 16.5. The summed E-state index contributed by atoms with van der Waals surface area (Å²) in [6.45, 7) is 16.0. The summed E-state index contributed by atoms with van der Waals surface area (Å²) in [7, 11) is 3.32. The number of aliphatic imine (C=N–C) groups is 1. The largest absolute Gasteiger partial charge is 0.402 e. The van der Waals surface area contributed by atoms with Crippen molar-refractivity contribution in [2.45, 2.75) is 87.5 Å². The summed E-state index contributed by atoms with van der Waals surface area (Å²) in [5, 5.41) is 7.65. The van der Waals surface area contributed by atoms with Gasteiger partial charge in [-0.1, -0.05) is 54.9 Å². The first-order valence-corrected chi connectivity index (χ1v) is 11.9. The Morgan fingerprint density at radius 1 is 1.25 bits per heavy atom. The van der Waals surface area contributed by atoms with Gasteiger partial charge in [-0.15, -0.1) is 0 Å². The van der Waals surface area contributed by atoms with Crippen molar-refractivity contribution in [3.05, 3.63) is 23.4 Å². The van der Waals surface area contributed by atoms with Crippen LogP contribution in [0.3, 0.4) is 0 Å². The number of nitrogens with one attached hydrogen (secondary N) is 1. The zero-order valence-corrected chi connectivity index (χ0v) is 22.3. The first-order valence-electron chi connectivity index (χ1n) is 11.9. The lowest BCUT2D eigenvalue weighted by Crippen LogP contribution is -2.13. The van der Waals surface area contributed by atoms with Crippen molar-refractivity contribution in [1.29, 1.82) is 5.41 Å². The van der Waals surface area contributed by atoms with Crippen LogP contribution in [0, 0.1) is 17.2 Å². The van der Waals surface area contributed by atoms with E-state index in [9.17, 15) is 9.59 Å². The number of Topliss-reactive ketones (excluding diaryl/α,β-unsaturated/α-hetero) is 2. The summed E-state index contributed by atoms with van der Waals surface area (Å²) in [6, 6.07) is 0. The van der Waals surface area contributed by atoms with Crippen molar-refractivity contribution in [3.8, 4) is 0 Å². The molecule has 0 bridgehead atoms. The van der Waals surface area contributed by atoms with Gasteiger partial charge in [-0.3, -0.25) is 14.6 Å². The molecule has 0 spiro atoms. The van der Waals surface area contributed by atoms with E-state index in [4.69, 9.17) is 15.9 Å². The second kappa shape index (κ2) is 22.1. The van der Waals surface area contributed by atoms with Crippen LogP contribution < -0.4 is 5.73 Å². The molecule has 3 N–H and O–H groups in total. The Hall–Kier alpha value is -2.08. The van der Waals surface area contributed by atoms with E-state index in [1.807, 2.05) is 47.6 Å². The number of methoxy groups -OCH3 is 1. The molecule has 186 valence electrons. The van der Waals surface area contributed by atoms with E-state index in [-0.39, 0.29) is 17.6 Å². The minimum absolute atomic E-state index is 0.115. The summed E-state index contributed by atoms with van der Waals surface area (Å²) in [5.74, 6) is 0.791. The lowest BCUT2D eigenvalue weighted by Gasteiger charge is -2.10. The third kappa shape index (κ3) is 16.6. The van der Waals surface area contributed by atoms with Gasteiger partial charge in [0.15, 0.2) is 5.78 Å². The number of carbonyl (C=O) groups is 2. The van der Waals surface area contributed by atoms with Crippen LogP contribution >= 0.6 is 0 Å². The number of nitrogens with two attached hydrogens (primary N) is 1. The van der Waals surface area contributed by atoms with Gasteiger partial charge in [0.1, 0.15) is 5.78 Å². The molecule has 0 amide bonds. The molecule has 1 saturated carbocycles. The van der Waals surface area contributed by atoms with Gasteiger partial charge in [-0.05, 0) is 43.4 Å². The molecule has 0 saturated heterocycles. The lowest BCUT2D eigenvalue weighted by molar-refractivity contribution is -0.117. The number of nitrogens with zero attached hydrogens (tertiary/aromatic N) is 1. The minimum atomic E-state index is 0.115. The van der Waals surface area contributed by atoms with Gasteiger partial charge >= 0.3 is 0 Å². The molecule has 0 heterocycles. The zero-order chi connectivity index (χ0) is 25.7. The van der Waals surface area contributed by atoms with E-state index in [0.29, 0.717) is 36.6 Å². The highest BCUT2D eigenvalue weighted by Gasteiger charge is 2.24. The number of rotatable bonds is 9. The standard InChI is InChI=1S/C11H18N2O.C11H19NO2.2C2H6/c1-7(2)10(12)6-11(13)8-3-4-9(14)5-8;1-5-6-10(9(2)13)7-11(12-3)8-14-4;2*1-2/h6-8,12H,3-5,13H2,1-2H3;7H,5-6,8H2,1-4H3;2*1-2H3/b11-6-,12-10?;10-7+,12-11?;;. The second-order valence-electron chi connectivity index (χ2n) is 7.36. The maximum Gasteiger partial charge on any atom is 0.155 e. The summed E-state index contributed by atoms with van der Waals surface area (Å²) in [4.78, 5) is 26.3. The summed E-state index contributed by atoms with van der Waals surface area (Å²) in [5.41, 5.74) is 8.73. The Balaban J connectivity index is -0.000000454. The first kappa shape index (κ1) is 34.5. The van der Waals surface area contributed by atoms with E-state index >= 15 is 0 Å². The van der Waals surface area contributed by atoms with E-state index in [2.05, 4.69) is 11.9 Å². The molecule has 1 rings (SSSR count). The Bertz CT molecular complexity index is 632. The third-order valence-corrected chi connectivity index (χ3v) is 4.55. The lowest BCUT2D eigenvalue weighted by atomic mass is 10.00. The summed E-state index contributed by atoms with van der Waals surface area (Å²) < 4.78 is 4.97. The maximum atomic E-state index is 11.2. The van der Waals surface area contributed by atoms with Gasteiger partial charge in [-0.25, -0.2) is 0 Å². The third-order valence-electron chi connectivity index (χ3n) is 4.55. The van der Waals surface area contributed by atoms with Crippen LogP contribution in [0.5, 0.6) is 0 Å². The molecule has 1 unspecified atom stereocenters. The minimum Gasteiger partial charge on any atom is -0.402 e. The Morgan fingerprint density at radius 2 is 1.81 bits per heavy atom. The summed E-state index contributed by atoms with van der Waals surface area (Å²) in [6.07, 6.45) is 7.38. The van der Waals surface area contributed by atoms with E-state index < -0.39 is 0 Å². The smallest absolute Gasteiger partial charge is 0.155 e. The molecule has 0 aromatic rings. The van der Waals surface area contributed by atoms with Crippen molar-refractivity contribution in [1.82, 2.24) is 0 Å². The SMILES string of the molecule is CC.CC.CC(C)C(=N)/C=C(\N)C1CCC(=O)C1.CCC/C(=C\C(COC)=NC)C(C)=O. The molecule has 1 aliphatic carbocycles. The summed E-state index contributed by atoms with van der Waals surface area (Å²) >= 11 is 0. The van der Waals surface area contributed by atoms with Crippen LogP contribution in [0.2, 0.25) is 0 Å². The fourth-order valence-corrected chi connectivity index (χ4v) is 2.70. The molecule has 0 aromatic carbocycles. The van der Waals surface area contributed by atoms with Gasteiger partial charge in [0.2, 0.25) is 0 Å². The van der Waals surface area contributed by atoms with Crippen LogP contribution in [0.25, 0.3) is 0 Å². The van der Waals surface area contributed by atoms with Crippen molar-refractivity contribution in [2.24, 2.45) is 22.6 Å². The number of carbonyl (C=O) groups excluding carboxylic acids is 2. The first-order chi connectivity index (χ1) is 15.2. The number of hydrogen-bond acceptors (Lipinski definition) is 6. The fourth-order valence-electron chi connectivity index (χ4n) is 2.70. The molecule has 32 heavy (non-hydrogen) atoms. The van der Waals surface area contributed by atoms with Crippen molar-refractivity contribution in [2.75, 3.05) is 20.8 Å². The second-order valence-corrected chi connectivity index (χ2v) is 7.36. The van der Waals surface area contributed by atoms with Gasteiger partial charge < -0.3 is 15.9 Å². The maximum absolute atomic E-state index is 11.2. The number of hydrogen-bond donors (Lipinski definition) is 2. The quantitative estimate of drug-likeness (QED) is 0.334. The zero-order valence-electron chi connectivity index (χ0n) is 22.3. The number of ketones is 2. The average Bonchev–Trinajstić information content (AvgIpc) is 3.22. The molecule has 6 nitrogen and oxygen atoms in total. The van der Waals surface area contributed by atoms with E-state index in [1.54, 1.807) is 27.2 Å². The van der Waals surface area contributed by atoms with Gasteiger partial charge in [-0.2, -0.15) is 0 Å². The highest BCUT2D eigenvalue weighted by Crippen LogP contribution is 2.26. The van der Waals surface area contributed by atoms with E-state index in [0.717, 1.165) is 30.5 Å². The molecular weight excluding hydrogens is 402 g/mol. The molecule has 1 aliphatic rings. The van der Waals surface area contributed by atoms with Crippen molar-refractivity contribution in [3.63, 3.8) is 0 Å². The topological polar surface area (TPSA) is 106 Å². The molecular formula is C26H49N3O3. The normalized spacial score (nSPS) is 16.3. The Labute approximate surface area is 197 Å². The monoisotopic (exact) mass is 451 g/mol. The van der Waals surface area contributed by atoms with Gasteiger partial charge in [0.05, 0.1) is 12.3 Å². The number of allylic oxidation sites excluding steroid dienone is 3. The fraction of sp³-hybridized carbons (Fsp3) is 0.692. The molecule has 1 atom stereocenters. The molecule has 1 fully saturated rings. The Kier molecular flexibility index (Phi) is 23.9. The van der Waals surface area contributed by atoms with Crippen LogP contribution in [-0.4, -0.2) is 43.8 Å². The molecule has 6 heteroatoms. The van der Waals surface area contributed by atoms with E-state index in [1.165, 1.54) is 0 Å². The average molecular weight is 452 g/mol. The van der Waals surface area contributed by atoms with Crippen molar-refractivity contribution < 1.29 is 14.3 Å². The van der Waals surface area contributed by atoms with Crippen LogP contribution in [0.4, 0.5) is 0 Å². The van der Waals surface area contributed by atoms with Crippen LogP contribution in [0.1, 0.15) is 87.5 Å². The highest BCUT2D eigenvalue weighted by molar-refractivity contribution is 6.04. The molecule has 0 aliphatic heterocycles. The van der Waals surface area contributed by atoms with Crippen LogP contribution in [-0.2, 0) is 14.3 Å².